The molecule has 4 rings (SSSR count). The minimum atomic E-state index is -0.946. The van der Waals surface area contributed by atoms with Crippen molar-refractivity contribution in [3.05, 3.63) is 59.9 Å². The zero-order valence-corrected chi connectivity index (χ0v) is 18.9. The third-order valence-corrected chi connectivity index (χ3v) is 5.35. The van der Waals surface area contributed by atoms with Gasteiger partial charge in [-0.1, -0.05) is 18.2 Å². The molecule has 0 N–H and O–H groups in total. The van der Waals surface area contributed by atoms with Crippen molar-refractivity contribution in [1.29, 1.82) is 5.26 Å². The van der Waals surface area contributed by atoms with Crippen LogP contribution in [0.3, 0.4) is 0 Å². The number of nitriles is 1. The van der Waals surface area contributed by atoms with Crippen molar-refractivity contribution in [2.45, 2.75) is 31.6 Å². The Morgan fingerprint density at radius 1 is 1.11 bits per heavy atom. The maximum Gasteiger partial charge on any atom is 1.00 e. The van der Waals surface area contributed by atoms with E-state index in [0.717, 1.165) is 40.7 Å². The van der Waals surface area contributed by atoms with Gasteiger partial charge in [-0.3, -0.25) is 9.97 Å². The van der Waals surface area contributed by atoms with Crippen molar-refractivity contribution in [1.82, 2.24) is 9.97 Å². The van der Waals surface area contributed by atoms with Gasteiger partial charge in [-0.05, 0) is 55.9 Å². The van der Waals surface area contributed by atoms with Gasteiger partial charge >= 0.3 is 51.4 Å². The Kier molecular flexibility index (Phi) is 6.97. The van der Waals surface area contributed by atoms with Crippen molar-refractivity contribution in [2.75, 3.05) is 0 Å². The fourth-order valence-electron chi connectivity index (χ4n) is 3.88. The topological polar surface area (TPSA) is 89.7 Å². The molecule has 1 saturated carbocycles. The predicted molar refractivity (Wildman–Crippen MR) is 99.4 cm³/mol. The Balaban J connectivity index is 0.00000225. The molecule has 6 heteroatoms. The average Bonchev–Trinajstić information content (AvgIpc) is 2.73. The summed E-state index contributed by atoms with van der Waals surface area (Å²) in [4.78, 5) is 20.5. The number of carbonyl (C=O) groups is 1. The van der Waals surface area contributed by atoms with E-state index >= 15 is 0 Å². The fourth-order valence-corrected chi connectivity index (χ4v) is 3.88. The van der Waals surface area contributed by atoms with Crippen LogP contribution in [0.1, 0.15) is 42.9 Å². The number of nitrogens with zero attached hydrogens (tertiary/aromatic N) is 3. The zero-order chi connectivity index (χ0) is 18.8. The molecular weight excluding hydrogens is 377 g/mol. The molecule has 2 aromatic heterocycles. The maximum atomic E-state index is 11.1. The largest absolute Gasteiger partial charge is 1.00 e. The number of carboxylic acid groups (broad SMARTS) is 1. The maximum absolute atomic E-state index is 11.1. The standard InChI is InChI=1S/C22H19N3O2.K/c23-13-14-3-1-4-17(11-14)21-20-18(5-2-10-24-20)12-19(25-21)15-6-8-16(9-7-15)22(26)27;/h1-5,10-12,15-16H,6-9H2,(H,26,27);/q;+1/p-1. The molecule has 5 nitrogen and oxygen atoms in total. The summed E-state index contributed by atoms with van der Waals surface area (Å²) in [6.07, 6.45) is 4.56. The number of carboxylic acids is 1. The smallest absolute Gasteiger partial charge is 0.550 e. The summed E-state index contributed by atoms with van der Waals surface area (Å²) in [5.74, 6) is -1.07. The number of carbonyl (C=O) groups excluding carboxylic acids is 1. The SMILES string of the molecule is N#Cc1cccc(-c2nc(C3CCC(C(=O)[O-])CC3)cc3cccnc23)c1.[K+]. The Morgan fingerprint density at radius 2 is 1.89 bits per heavy atom. The molecule has 1 aliphatic rings. The number of aromatic nitrogens is 2. The first-order chi connectivity index (χ1) is 13.2. The quantitative estimate of drug-likeness (QED) is 0.591. The van der Waals surface area contributed by atoms with Crippen LogP contribution >= 0.6 is 0 Å². The molecule has 1 aromatic carbocycles. The number of aliphatic carboxylic acids is 1. The molecular formula is C22H18KN3O2. The van der Waals surface area contributed by atoms with Crippen LogP contribution in [0.15, 0.2) is 48.7 Å². The number of rotatable bonds is 3. The van der Waals surface area contributed by atoms with Crippen LogP contribution in [-0.2, 0) is 4.79 Å². The molecule has 1 aliphatic carbocycles. The van der Waals surface area contributed by atoms with Gasteiger partial charge in [0.2, 0.25) is 0 Å². The Hall–Kier alpha value is -1.62. The van der Waals surface area contributed by atoms with E-state index in [0.29, 0.717) is 18.4 Å². The van der Waals surface area contributed by atoms with Gasteiger partial charge in [-0.15, -0.1) is 0 Å². The molecule has 134 valence electrons. The van der Waals surface area contributed by atoms with Crippen molar-refractivity contribution in [3.63, 3.8) is 0 Å². The van der Waals surface area contributed by atoms with Gasteiger partial charge in [0.1, 0.15) is 0 Å². The van der Waals surface area contributed by atoms with E-state index in [1.54, 1.807) is 12.3 Å². The van der Waals surface area contributed by atoms with Crippen LogP contribution < -0.4 is 56.5 Å². The summed E-state index contributed by atoms with van der Waals surface area (Å²) in [6, 6.07) is 15.5. The van der Waals surface area contributed by atoms with Crippen LogP contribution in [-0.4, -0.2) is 15.9 Å². The molecule has 0 radical (unpaired) electrons. The first-order valence-corrected chi connectivity index (χ1v) is 9.13. The third kappa shape index (κ3) is 4.34. The van der Waals surface area contributed by atoms with E-state index in [9.17, 15) is 15.2 Å². The first kappa shape index (κ1) is 21.1. The number of benzene rings is 1. The molecule has 0 unspecified atom stereocenters. The number of fused-ring (bicyclic) bond motifs is 1. The predicted octanol–water partition coefficient (Wildman–Crippen LogP) is 0.196. The van der Waals surface area contributed by atoms with Gasteiger partial charge in [0.05, 0.1) is 22.8 Å². The van der Waals surface area contributed by atoms with Crippen molar-refractivity contribution >= 4 is 16.9 Å². The second kappa shape index (κ2) is 9.25. The molecule has 0 amide bonds. The number of hydrogen-bond acceptors (Lipinski definition) is 5. The Morgan fingerprint density at radius 3 is 2.61 bits per heavy atom. The minimum Gasteiger partial charge on any atom is -0.550 e. The van der Waals surface area contributed by atoms with Gasteiger partial charge in [-0.25, -0.2) is 0 Å². The van der Waals surface area contributed by atoms with E-state index in [2.05, 4.69) is 17.1 Å². The molecule has 28 heavy (non-hydrogen) atoms. The first-order valence-electron chi connectivity index (χ1n) is 9.13. The van der Waals surface area contributed by atoms with Gasteiger partial charge in [0.25, 0.3) is 0 Å². The summed E-state index contributed by atoms with van der Waals surface area (Å²) in [5.41, 5.74) is 3.98. The monoisotopic (exact) mass is 395 g/mol. The van der Waals surface area contributed by atoms with Crippen LogP contribution in [0.4, 0.5) is 0 Å². The van der Waals surface area contributed by atoms with Crippen LogP contribution in [0.2, 0.25) is 0 Å². The van der Waals surface area contributed by atoms with Crippen molar-refractivity contribution < 1.29 is 61.3 Å². The van der Waals surface area contributed by atoms with E-state index in [1.165, 1.54) is 0 Å². The summed E-state index contributed by atoms with van der Waals surface area (Å²) >= 11 is 0. The molecule has 0 aliphatic heterocycles. The second-order valence-electron chi connectivity index (χ2n) is 7.03. The molecule has 0 atom stereocenters. The number of pyridine rings is 2. The summed E-state index contributed by atoms with van der Waals surface area (Å²) in [5, 5.41) is 21.3. The zero-order valence-electron chi connectivity index (χ0n) is 15.8. The van der Waals surface area contributed by atoms with Crippen molar-refractivity contribution in [2.24, 2.45) is 5.92 Å². The van der Waals surface area contributed by atoms with Gasteiger partial charge in [0, 0.05) is 34.7 Å². The van der Waals surface area contributed by atoms with E-state index in [1.807, 2.05) is 30.3 Å². The molecule has 2 heterocycles. The van der Waals surface area contributed by atoms with Crippen LogP contribution in [0.25, 0.3) is 22.2 Å². The minimum absolute atomic E-state index is 0. The average molecular weight is 396 g/mol. The molecule has 0 spiro atoms. The van der Waals surface area contributed by atoms with E-state index in [4.69, 9.17) is 4.98 Å². The fraction of sp³-hybridized carbons (Fsp3) is 0.273. The molecule has 1 fully saturated rings. The van der Waals surface area contributed by atoms with Gasteiger partial charge < -0.3 is 9.90 Å². The number of hydrogen-bond donors (Lipinski definition) is 0. The van der Waals surface area contributed by atoms with Crippen LogP contribution in [0, 0.1) is 17.2 Å². The summed E-state index contributed by atoms with van der Waals surface area (Å²) < 4.78 is 0. The molecule has 3 aromatic rings. The van der Waals surface area contributed by atoms with Gasteiger partial charge in [0.15, 0.2) is 0 Å². The summed E-state index contributed by atoms with van der Waals surface area (Å²) in [7, 11) is 0. The Bertz CT molecular complexity index is 1050. The molecule has 0 bridgehead atoms. The van der Waals surface area contributed by atoms with E-state index < -0.39 is 5.97 Å². The third-order valence-electron chi connectivity index (χ3n) is 5.35. The van der Waals surface area contributed by atoms with Crippen LogP contribution in [0.5, 0.6) is 0 Å². The molecule has 0 saturated heterocycles. The van der Waals surface area contributed by atoms with Gasteiger partial charge in [-0.2, -0.15) is 5.26 Å². The summed E-state index contributed by atoms with van der Waals surface area (Å²) in [6.45, 7) is 0. The normalized spacial score (nSPS) is 18.8. The second-order valence-corrected chi connectivity index (χ2v) is 7.03. The van der Waals surface area contributed by atoms with E-state index in [-0.39, 0.29) is 63.2 Å². The Labute approximate surface area is 206 Å². The van der Waals surface area contributed by atoms with Crippen molar-refractivity contribution in [3.8, 4) is 17.3 Å².